The molecule has 19 heavy (non-hydrogen) atoms. The van der Waals surface area contributed by atoms with Gasteiger partial charge in [0, 0.05) is 0 Å². The van der Waals surface area contributed by atoms with Gasteiger partial charge < -0.3 is 14.6 Å². The summed E-state index contributed by atoms with van der Waals surface area (Å²) >= 11 is 0. The second-order valence-electron chi connectivity index (χ2n) is 4.84. The summed E-state index contributed by atoms with van der Waals surface area (Å²) in [7, 11) is 2.76. The van der Waals surface area contributed by atoms with Gasteiger partial charge in [-0.1, -0.05) is 19.3 Å². The molecule has 0 bridgehead atoms. The molecule has 0 radical (unpaired) electrons. The Bertz CT molecular complexity index is 467. The van der Waals surface area contributed by atoms with Crippen molar-refractivity contribution in [3.8, 4) is 5.88 Å². The molecule has 2 rings (SSSR count). The Morgan fingerprint density at radius 2 is 1.95 bits per heavy atom. The fourth-order valence-corrected chi connectivity index (χ4v) is 2.51. The number of ether oxygens (including phenoxy) is 2. The normalized spacial score (nSPS) is 17.8. The maximum Gasteiger partial charge on any atom is 0.343 e. The van der Waals surface area contributed by atoms with Crippen LogP contribution in [0.3, 0.4) is 0 Å². The lowest BCUT2D eigenvalue weighted by Gasteiger charge is -2.31. The summed E-state index contributed by atoms with van der Waals surface area (Å²) in [6.45, 7) is 0. The summed E-state index contributed by atoms with van der Waals surface area (Å²) in [5.74, 6) is -0.296. The van der Waals surface area contributed by atoms with Crippen molar-refractivity contribution in [1.29, 1.82) is 0 Å². The zero-order valence-corrected chi connectivity index (χ0v) is 11.3. The highest BCUT2D eigenvalue weighted by Crippen LogP contribution is 2.37. The van der Waals surface area contributed by atoms with Gasteiger partial charge in [0.15, 0.2) is 0 Å². The van der Waals surface area contributed by atoms with Gasteiger partial charge in [-0.05, 0) is 25.0 Å². The van der Waals surface area contributed by atoms with E-state index in [0.29, 0.717) is 18.5 Å². The maximum atomic E-state index is 11.6. The molecule has 1 fully saturated rings. The predicted molar refractivity (Wildman–Crippen MR) is 69.1 cm³/mol. The first kappa shape index (κ1) is 13.8. The van der Waals surface area contributed by atoms with Gasteiger partial charge in [0.25, 0.3) is 0 Å². The maximum absolute atomic E-state index is 11.6. The van der Waals surface area contributed by atoms with E-state index >= 15 is 0 Å². The number of carbonyl (C=O) groups is 1. The Morgan fingerprint density at radius 3 is 2.53 bits per heavy atom. The van der Waals surface area contributed by atoms with Crippen molar-refractivity contribution < 1.29 is 19.4 Å². The van der Waals surface area contributed by atoms with Gasteiger partial charge in [0.2, 0.25) is 5.88 Å². The van der Waals surface area contributed by atoms with Crippen LogP contribution in [0, 0.1) is 0 Å². The van der Waals surface area contributed by atoms with Crippen molar-refractivity contribution in [3.63, 3.8) is 0 Å². The van der Waals surface area contributed by atoms with Crippen LogP contribution < -0.4 is 4.74 Å². The Morgan fingerprint density at radius 1 is 1.26 bits per heavy atom. The molecule has 1 aliphatic rings. The molecule has 1 aromatic heterocycles. The average molecular weight is 265 g/mol. The van der Waals surface area contributed by atoms with Crippen molar-refractivity contribution >= 4 is 5.97 Å². The molecule has 5 heteroatoms. The lowest BCUT2D eigenvalue weighted by molar-refractivity contribution is -0.00513. The van der Waals surface area contributed by atoms with E-state index in [1.165, 1.54) is 14.2 Å². The van der Waals surface area contributed by atoms with Gasteiger partial charge in [0.05, 0.1) is 19.9 Å². The first-order chi connectivity index (χ1) is 9.10. The smallest absolute Gasteiger partial charge is 0.343 e. The van der Waals surface area contributed by atoms with E-state index in [4.69, 9.17) is 4.74 Å². The SMILES string of the molecule is COC(=O)c1ccc(C2(O)CCCCC2)nc1OC. The zero-order chi connectivity index (χ0) is 13.9. The van der Waals surface area contributed by atoms with Gasteiger partial charge in [-0.2, -0.15) is 0 Å². The number of carbonyl (C=O) groups excluding carboxylic acids is 1. The van der Waals surface area contributed by atoms with Crippen molar-refractivity contribution in [1.82, 2.24) is 4.98 Å². The lowest BCUT2D eigenvalue weighted by atomic mass is 9.82. The fraction of sp³-hybridized carbons (Fsp3) is 0.571. The predicted octanol–water partition coefficient (Wildman–Crippen LogP) is 2.03. The van der Waals surface area contributed by atoms with E-state index in [0.717, 1.165) is 19.3 Å². The van der Waals surface area contributed by atoms with Gasteiger partial charge >= 0.3 is 5.97 Å². The zero-order valence-electron chi connectivity index (χ0n) is 11.3. The first-order valence-corrected chi connectivity index (χ1v) is 6.47. The van der Waals surface area contributed by atoms with Crippen LogP contribution in [-0.2, 0) is 10.3 Å². The van der Waals surface area contributed by atoms with Crippen LogP contribution in [0.15, 0.2) is 12.1 Å². The van der Waals surface area contributed by atoms with E-state index in [1.54, 1.807) is 12.1 Å². The van der Waals surface area contributed by atoms with E-state index in [-0.39, 0.29) is 11.4 Å². The largest absolute Gasteiger partial charge is 0.480 e. The Labute approximate surface area is 112 Å². The summed E-state index contributed by atoms with van der Waals surface area (Å²) < 4.78 is 9.79. The Hall–Kier alpha value is -1.62. The van der Waals surface area contributed by atoms with Crippen LogP contribution >= 0.6 is 0 Å². The topological polar surface area (TPSA) is 68.7 Å². The second-order valence-corrected chi connectivity index (χ2v) is 4.84. The highest BCUT2D eigenvalue weighted by molar-refractivity contribution is 5.91. The molecule has 5 nitrogen and oxygen atoms in total. The summed E-state index contributed by atoms with van der Waals surface area (Å²) in [4.78, 5) is 15.8. The number of esters is 1. The van der Waals surface area contributed by atoms with E-state index in [2.05, 4.69) is 9.72 Å². The number of pyridine rings is 1. The molecule has 1 saturated carbocycles. The summed E-state index contributed by atoms with van der Waals surface area (Å²) in [6.07, 6.45) is 4.50. The number of hydrogen-bond acceptors (Lipinski definition) is 5. The lowest BCUT2D eigenvalue weighted by Crippen LogP contribution is -2.29. The molecule has 0 saturated heterocycles. The number of nitrogens with zero attached hydrogens (tertiary/aromatic N) is 1. The molecule has 0 atom stereocenters. The van der Waals surface area contributed by atoms with Crippen LogP contribution in [0.1, 0.15) is 48.2 Å². The summed E-state index contributed by atoms with van der Waals surface area (Å²) in [6, 6.07) is 3.28. The number of hydrogen-bond donors (Lipinski definition) is 1. The molecule has 104 valence electrons. The van der Waals surface area contributed by atoms with Gasteiger partial charge in [-0.3, -0.25) is 0 Å². The van der Waals surface area contributed by atoms with Crippen LogP contribution in [0.4, 0.5) is 0 Å². The standard InChI is InChI=1S/C14H19NO4/c1-18-12-10(13(16)19-2)6-7-11(15-12)14(17)8-4-3-5-9-14/h6-7,17H,3-5,8-9H2,1-2H3. The van der Waals surface area contributed by atoms with E-state index < -0.39 is 11.6 Å². The molecule has 0 amide bonds. The van der Waals surface area contributed by atoms with Gasteiger partial charge in [-0.25, -0.2) is 9.78 Å². The quantitative estimate of drug-likeness (QED) is 0.847. The minimum atomic E-state index is -0.903. The molecular formula is C14H19NO4. The Balaban J connectivity index is 2.35. The summed E-state index contributed by atoms with van der Waals surface area (Å²) in [5, 5.41) is 10.6. The minimum Gasteiger partial charge on any atom is -0.480 e. The molecule has 1 N–H and O–H groups in total. The van der Waals surface area contributed by atoms with Crippen molar-refractivity contribution in [2.45, 2.75) is 37.7 Å². The molecule has 1 aliphatic carbocycles. The number of methoxy groups -OCH3 is 2. The molecule has 0 unspecified atom stereocenters. The summed E-state index contributed by atoms with van der Waals surface area (Å²) in [5.41, 5.74) is -0.0648. The Kier molecular flexibility index (Phi) is 4.04. The average Bonchev–Trinajstić information content (AvgIpc) is 2.46. The third-order valence-electron chi connectivity index (χ3n) is 3.62. The molecular weight excluding hydrogens is 246 g/mol. The van der Waals surface area contributed by atoms with Crippen LogP contribution in [0.25, 0.3) is 0 Å². The van der Waals surface area contributed by atoms with Gasteiger partial charge in [0.1, 0.15) is 11.2 Å². The number of aliphatic hydroxyl groups is 1. The van der Waals surface area contributed by atoms with Crippen LogP contribution in [0.5, 0.6) is 5.88 Å². The molecule has 0 spiro atoms. The van der Waals surface area contributed by atoms with E-state index in [9.17, 15) is 9.90 Å². The van der Waals surface area contributed by atoms with Crippen molar-refractivity contribution in [3.05, 3.63) is 23.4 Å². The third kappa shape index (κ3) is 2.71. The van der Waals surface area contributed by atoms with Crippen LogP contribution in [0.2, 0.25) is 0 Å². The minimum absolute atomic E-state index is 0.198. The number of aromatic nitrogens is 1. The molecule has 0 aromatic carbocycles. The molecule has 1 aromatic rings. The van der Waals surface area contributed by atoms with Crippen LogP contribution in [-0.4, -0.2) is 30.3 Å². The molecule has 1 heterocycles. The molecule has 0 aliphatic heterocycles. The fourth-order valence-electron chi connectivity index (χ4n) is 2.51. The van der Waals surface area contributed by atoms with Crippen molar-refractivity contribution in [2.75, 3.05) is 14.2 Å². The highest BCUT2D eigenvalue weighted by Gasteiger charge is 2.33. The third-order valence-corrected chi connectivity index (χ3v) is 3.62. The first-order valence-electron chi connectivity index (χ1n) is 6.47. The van der Waals surface area contributed by atoms with Crippen molar-refractivity contribution in [2.24, 2.45) is 0 Å². The van der Waals surface area contributed by atoms with E-state index in [1.807, 2.05) is 0 Å². The second kappa shape index (κ2) is 5.57. The van der Waals surface area contributed by atoms with Gasteiger partial charge in [-0.15, -0.1) is 0 Å². The number of rotatable bonds is 3. The highest BCUT2D eigenvalue weighted by atomic mass is 16.5. The monoisotopic (exact) mass is 265 g/mol.